The number of carbonyl (C=O) groups is 1. The fourth-order valence-electron chi connectivity index (χ4n) is 2.94. The van der Waals surface area contributed by atoms with Crippen molar-refractivity contribution in [3.8, 4) is 0 Å². The summed E-state index contributed by atoms with van der Waals surface area (Å²) in [6.07, 6.45) is -4.41. The van der Waals surface area contributed by atoms with E-state index in [0.29, 0.717) is 13.0 Å². The first-order chi connectivity index (χ1) is 13.1. The first kappa shape index (κ1) is 20.0. The van der Waals surface area contributed by atoms with Crippen molar-refractivity contribution in [3.63, 3.8) is 0 Å². The molecule has 28 heavy (non-hydrogen) atoms. The van der Waals surface area contributed by atoms with Crippen LogP contribution >= 0.6 is 0 Å². The summed E-state index contributed by atoms with van der Waals surface area (Å²) in [4.78, 5) is 12.9. The van der Waals surface area contributed by atoms with E-state index in [4.69, 9.17) is 4.74 Å². The summed E-state index contributed by atoms with van der Waals surface area (Å²) < 4.78 is 69.9. The lowest BCUT2D eigenvalue weighted by molar-refractivity contribution is -0.137. The standard InChI is InChI=1S/C18H17F3N2O4S/c1-27-17(24)23-9-8-12-2-5-15(10-13(12)11-23)22-28(25,26)16-6-3-14(4-7-16)18(19,20)21/h2-7,10,22H,8-9,11H2,1H3. The molecule has 1 aliphatic rings. The van der Waals surface area contributed by atoms with Crippen molar-refractivity contribution in [2.24, 2.45) is 0 Å². The summed E-state index contributed by atoms with van der Waals surface area (Å²) in [5.41, 5.74) is 1.08. The second kappa shape index (κ2) is 7.34. The van der Waals surface area contributed by atoms with E-state index >= 15 is 0 Å². The van der Waals surface area contributed by atoms with Gasteiger partial charge in [0.1, 0.15) is 0 Å². The van der Waals surface area contributed by atoms with Crippen LogP contribution in [0, 0.1) is 0 Å². The molecule has 0 aromatic heterocycles. The molecule has 6 nitrogen and oxygen atoms in total. The number of rotatable bonds is 3. The van der Waals surface area contributed by atoms with Gasteiger partial charge < -0.3 is 9.64 Å². The van der Waals surface area contributed by atoms with Gasteiger partial charge in [0.25, 0.3) is 10.0 Å². The van der Waals surface area contributed by atoms with Gasteiger partial charge in [-0.15, -0.1) is 0 Å². The van der Waals surface area contributed by atoms with Gasteiger partial charge in [0, 0.05) is 18.8 Å². The molecule has 0 fully saturated rings. The van der Waals surface area contributed by atoms with Gasteiger partial charge in [-0.05, 0) is 53.9 Å². The molecule has 1 aliphatic heterocycles. The van der Waals surface area contributed by atoms with Gasteiger partial charge in [0.05, 0.1) is 17.6 Å². The molecule has 0 unspecified atom stereocenters. The zero-order valence-corrected chi connectivity index (χ0v) is 15.6. The SMILES string of the molecule is COC(=O)N1CCc2ccc(NS(=O)(=O)c3ccc(C(F)(F)F)cc3)cc2C1. The van der Waals surface area contributed by atoms with Crippen LogP contribution in [-0.2, 0) is 33.9 Å². The van der Waals surface area contributed by atoms with Crippen LogP contribution in [-0.4, -0.2) is 33.1 Å². The largest absolute Gasteiger partial charge is 0.453 e. The van der Waals surface area contributed by atoms with E-state index in [9.17, 15) is 26.4 Å². The highest BCUT2D eigenvalue weighted by Crippen LogP contribution is 2.30. The molecular formula is C18H17F3N2O4S. The summed E-state index contributed by atoms with van der Waals surface area (Å²) in [6, 6.07) is 8.19. The van der Waals surface area contributed by atoms with Crippen molar-refractivity contribution >= 4 is 21.8 Å². The highest BCUT2D eigenvalue weighted by Gasteiger charge is 2.30. The number of amides is 1. The first-order valence-corrected chi connectivity index (χ1v) is 9.73. The van der Waals surface area contributed by atoms with Gasteiger partial charge in [-0.1, -0.05) is 6.07 Å². The number of benzene rings is 2. The Kier molecular flexibility index (Phi) is 5.24. The second-order valence-corrected chi connectivity index (χ2v) is 7.94. The molecule has 10 heteroatoms. The highest BCUT2D eigenvalue weighted by atomic mass is 32.2. The lowest BCUT2D eigenvalue weighted by Crippen LogP contribution is -2.35. The fraction of sp³-hybridized carbons (Fsp3) is 0.278. The molecule has 0 saturated heterocycles. The maximum absolute atomic E-state index is 12.6. The molecule has 0 atom stereocenters. The number of carbonyl (C=O) groups excluding carboxylic acids is 1. The molecule has 0 bridgehead atoms. The Morgan fingerprint density at radius 2 is 1.79 bits per heavy atom. The number of hydrogen-bond donors (Lipinski definition) is 1. The van der Waals surface area contributed by atoms with Crippen molar-refractivity contribution < 1.29 is 31.1 Å². The monoisotopic (exact) mass is 414 g/mol. The van der Waals surface area contributed by atoms with Gasteiger partial charge >= 0.3 is 12.3 Å². The van der Waals surface area contributed by atoms with Crippen LogP contribution in [0.1, 0.15) is 16.7 Å². The van der Waals surface area contributed by atoms with Gasteiger partial charge in [0.2, 0.25) is 0 Å². The molecule has 0 radical (unpaired) electrons. The number of nitrogens with one attached hydrogen (secondary N) is 1. The van der Waals surface area contributed by atoms with Gasteiger partial charge in [-0.25, -0.2) is 13.2 Å². The molecular weight excluding hydrogens is 397 g/mol. The van der Waals surface area contributed by atoms with Crippen LogP contribution in [0.3, 0.4) is 0 Å². The van der Waals surface area contributed by atoms with E-state index in [0.717, 1.165) is 35.4 Å². The van der Waals surface area contributed by atoms with Crippen molar-refractivity contribution in [3.05, 3.63) is 59.2 Å². The summed E-state index contributed by atoms with van der Waals surface area (Å²) in [6.45, 7) is 0.772. The first-order valence-electron chi connectivity index (χ1n) is 8.25. The van der Waals surface area contributed by atoms with E-state index in [1.807, 2.05) is 0 Å². The van der Waals surface area contributed by atoms with Crippen LogP contribution in [0.15, 0.2) is 47.4 Å². The molecule has 1 N–H and O–H groups in total. The van der Waals surface area contributed by atoms with Crippen LogP contribution < -0.4 is 4.72 Å². The third kappa shape index (κ3) is 4.22. The number of methoxy groups -OCH3 is 1. The number of nitrogens with zero attached hydrogens (tertiary/aromatic N) is 1. The number of halogens is 3. The molecule has 1 amide bonds. The minimum atomic E-state index is -4.54. The molecule has 3 rings (SSSR count). The number of anilines is 1. The van der Waals surface area contributed by atoms with Crippen molar-refractivity contribution in [1.82, 2.24) is 4.90 Å². The normalized spacial score (nSPS) is 14.4. The lowest BCUT2D eigenvalue weighted by atomic mass is 9.99. The minimum absolute atomic E-state index is 0.255. The summed E-state index contributed by atoms with van der Waals surface area (Å²) in [5.74, 6) is 0. The van der Waals surface area contributed by atoms with Gasteiger partial charge in [-0.3, -0.25) is 4.72 Å². The van der Waals surface area contributed by atoms with E-state index in [1.54, 1.807) is 18.2 Å². The Labute approximate surface area is 160 Å². The maximum atomic E-state index is 12.6. The third-order valence-electron chi connectivity index (χ3n) is 4.40. The van der Waals surface area contributed by atoms with Crippen LogP contribution in [0.4, 0.5) is 23.7 Å². The van der Waals surface area contributed by atoms with Crippen molar-refractivity contribution in [2.45, 2.75) is 24.0 Å². The summed E-state index contributed by atoms with van der Waals surface area (Å²) >= 11 is 0. The smallest absolute Gasteiger partial charge is 0.416 e. The number of sulfonamides is 1. The minimum Gasteiger partial charge on any atom is -0.453 e. The van der Waals surface area contributed by atoms with E-state index in [2.05, 4.69) is 4.72 Å². The summed E-state index contributed by atoms with van der Waals surface area (Å²) in [7, 11) is -2.78. The molecule has 150 valence electrons. The van der Waals surface area contributed by atoms with Gasteiger partial charge in [-0.2, -0.15) is 13.2 Å². The number of ether oxygens (including phenoxy) is 1. The molecule has 0 saturated carbocycles. The Bertz CT molecular complexity index is 989. The van der Waals surface area contributed by atoms with Crippen molar-refractivity contribution in [1.29, 1.82) is 0 Å². The average molecular weight is 414 g/mol. The zero-order chi connectivity index (χ0) is 20.5. The Balaban J connectivity index is 1.81. The zero-order valence-electron chi connectivity index (χ0n) is 14.8. The van der Waals surface area contributed by atoms with Crippen molar-refractivity contribution in [2.75, 3.05) is 18.4 Å². The molecule has 2 aromatic rings. The average Bonchev–Trinajstić information content (AvgIpc) is 2.66. The van der Waals surface area contributed by atoms with Gasteiger partial charge in [0.15, 0.2) is 0 Å². The van der Waals surface area contributed by atoms with E-state index < -0.39 is 27.9 Å². The fourth-order valence-corrected chi connectivity index (χ4v) is 3.99. The number of hydrogen-bond acceptors (Lipinski definition) is 4. The Hall–Kier alpha value is -2.75. The van der Waals surface area contributed by atoms with E-state index in [1.165, 1.54) is 12.0 Å². The summed E-state index contributed by atoms with van der Waals surface area (Å²) in [5, 5.41) is 0. The Morgan fingerprint density at radius 3 is 2.39 bits per heavy atom. The molecule has 2 aromatic carbocycles. The van der Waals surface area contributed by atoms with Crippen LogP contribution in [0.5, 0.6) is 0 Å². The lowest BCUT2D eigenvalue weighted by Gasteiger charge is -2.28. The predicted octanol–water partition coefficient (Wildman–Crippen LogP) is 3.63. The quantitative estimate of drug-likeness (QED) is 0.832. The molecule has 0 aliphatic carbocycles. The topological polar surface area (TPSA) is 75.7 Å². The molecule has 0 spiro atoms. The Morgan fingerprint density at radius 1 is 1.11 bits per heavy atom. The van der Waals surface area contributed by atoms with Crippen LogP contribution in [0.2, 0.25) is 0 Å². The number of alkyl halides is 3. The number of fused-ring (bicyclic) bond motifs is 1. The predicted molar refractivity (Wildman–Crippen MR) is 95.2 cm³/mol. The third-order valence-corrected chi connectivity index (χ3v) is 5.79. The van der Waals surface area contributed by atoms with E-state index in [-0.39, 0.29) is 17.1 Å². The van der Waals surface area contributed by atoms with Crippen LogP contribution in [0.25, 0.3) is 0 Å². The molecule has 1 heterocycles. The maximum Gasteiger partial charge on any atom is 0.416 e. The highest BCUT2D eigenvalue weighted by molar-refractivity contribution is 7.92. The second-order valence-electron chi connectivity index (χ2n) is 6.25.